The number of aryl methyl sites for hydroxylation is 1. The van der Waals surface area contributed by atoms with Crippen LogP contribution < -0.4 is 21.1 Å². The zero-order chi connectivity index (χ0) is 12.1. The van der Waals surface area contributed by atoms with Crippen LogP contribution in [0.25, 0.3) is 0 Å². The Bertz CT molecular complexity index is 417. The van der Waals surface area contributed by atoms with Crippen molar-refractivity contribution in [3.8, 4) is 5.75 Å². The number of para-hydroxylation sites is 1. The molecule has 0 heterocycles. The second-order valence-corrected chi connectivity index (χ2v) is 3.14. The molecule has 0 fully saturated rings. The number of nitrogens with one attached hydrogen (secondary N) is 3. The highest BCUT2D eigenvalue weighted by atomic mass is 16.5. The van der Waals surface area contributed by atoms with Crippen LogP contribution in [0.5, 0.6) is 5.75 Å². The molecule has 6 heteroatoms. The fraction of sp³-hybridized carbons (Fsp3) is 0.200. The van der Waals surface area contributed by atoms with Gasteiger partial charge in [0, 0.05) is 0 Å². The third kappa shape index (κ3) is 2.88. The van der Waals surface area contributed by atoms with Crippen LogP contribution in [0.1, 0.15) is 5.56 Å². The molecule has 5 N–H and O–H groups in total. The molecule has 0 unspecified atom stereocenters. The Hall–Kier alpha value is -2.24. The summed E-state index contributed by atoms with van der Waals surface area (Å²) in [6.45, 7) is 1.84. The highest BCUT2D eigenvalue weighted by molar-refractivity contribution is 6.01. The Kier molecular flexibility index (Phi) is 3.71. The predicted octanol–water partition coefficient (Wildman–Crippen LogP) is 1.02. The Morgan fingerprint density at radius 3 is 2.75 bits per heavy atom. The van der Waals surface area contributed by atoms with Crippen molar-refractivity contribution in [2.45, 2.75) is 6.92 Å². The van der Waals surface area contributed by atoms with E-state index in [0.29, 0.717) is 11.4 Å². The van der Waals surface area contributed by atoms with Gasteiger partial charge in [-0.05, 0) is 18.6 Å². The number of ether oxygens (including phenoxy) is 1. The first-order valence-electron chi connectivity index (χ1n) is 4.60. The summed E-state index contributed by atoms with van der Waals surface area (Å²) < 4.78 is 5.10. The van der Waals surface area contributed by atoms with Gasteiger partial charge in [-0.25, -0.2) is 4.79 Å². The molecule has 16 heavy (non-hydrogen) atoms. The monoisotopic (exact) mass is 222 g/mol. The van der Waals surface area contributed by atoms with Gasteiger partial charge in [-0.3, -0.25) is 10.7 Å². The third-order valence-electron chi connectivity index (χ3n) is 1.94. The summed E-state index contributed by atoms with van der Waals surface area (Å²) >= 11 is 0. The molecule has 2 amide bonds. The fourth-order valence-electron chi connectivity index (χ4n) is 1.24. The molecule has 1 rings (SSSR count). The highest BCUT2D eigenvalue weighted by Crippen LogP contribution is 2.27. The first kappa shape index (κ1) is 11.8. The van der Waals surface area contributed by atoms with Gasteiger partial charge in [0.05, 0.1) is 12.8 Å². The highest BCUT2D eigenvalue weighted by Gasteiger charge is 2.09. The number of benzene rings is 1. The first-order valence-corrected chi connectivity index (χ1v) is 4.60. The molecule has 6 nitrogen and oxygen atoms in total. The van der Waals surface area contributed by atoms with Gasteiger partial charge in [0.15, 0.2) is 5.96 Å². The number of rotatable bonds is 2. The molecule has 0 aliphatic heterocycles. The average Bonchev–Trinajstić information content (AvgIpc) is 2.20. The van der Waals surface area contributed by atoms with Crippen LogP contribution in [0.3, 0.4) is 0 Å². The van der Waals surface area contributed by atoms with Gasteiger partial charge < -0.3 is 15.8 Å². The number of anilines is 1. The largest absolute Gasteiger partial charge is 0.495 e. The number of urea groups is 1. The number of carbonyl (C=O) groups excluding carboxylic acids is 1. The van der Waals surface area contributed by atoms with E-state index in [2.05, 4.69) is 10.6 Å². The molecule has 0 saturated carbocycles. The van der Waals surface area contributed by atoms with E-state index in [4.69, 9.17) is 15.9 Å². The quantitative estimate of drug-likeness (QED) is 0.444. The van der Waals surface area contributed by atoms with Crippen molar-refractivity contribution < 1.29 is 9.53 Å². The summed E-state index contributed by atoms with van der Waals surface area (Å²) in [4.78, 5) is 11.3. The summed E-state index contributed by atoms with van der Waals surface area (Å²) in [5.74, 6) is 0.142. The van der Waals surface area contributed by atoms with Gasteiger partial charge in [0.1, 0.15) is 5.75 Å². The van der Waals surface area contributed by atoms with Crippen molar-refractivity contribution >= 4 is 17.7 Å². The van der Waals surface area contributed by atoms with E-state index in [-0.39, 0.29) is 0 Å². The number of amides is 2. The molecule has 1 aromatic rings. The summed E-state index contributed by atoms with van der Waals surface area (Å²) in [6.07, 6.45) is 0. The molecule has 86 valence electrons. The fourth-order valence-corrected chi connectivity index (χ4v) is 1.24. The van der Waals surface area contributed by atoms with Crippen LogP contribution >= 0.6 is 0 Å². The van der Waals surface area contributed by atoms with E-state index in [1.807, 2.05) is 19.1 Å². The Labute approximate surface area is 93.3 Å². The van der Waals surface area contributed by atoms with Crippen molar-refractivity contribution in [2.75, 3.05) is 12.4 Å². The second-order valence-electron chi connectivity index (χ2n) is 3.14. The average molecular weight is 222 g/mol. The van der Waals surface area contributed by atoms with Gasteiger partial charge in [0.25, 0.3) is 0 Å². The number of guanidine groups is 1. The molecule has 0 aliphatic carbocycles. The Balaban J connectivity index is 2.87. The maximum atomic E-state index is 11.3. The molecule has 0 aliphatic rings. The summed E-state index contributed by atoms with van der Waals surface area (Å²) in [5.41, 5.74) is 6.45. The number of methoxy groups -OCH3 is 1. The predicted molar refractivity (Wildman–Crippen MR) is 61.8 cm³/mol. The first-order chi connectivity index (χ1) is 7.54. The van der Waals surface area contributed by atoms with E-state index in [1.54, 1.807) is 6.07 Å². The van der Waals surface area contributed by atoms with Crippen molar-refractivity contribution in [3.05, 3.63) is 23.8 Å². The molecule has 0 radical (unpaired) electrons. The molecule has 0 bridgehead atoms. The molecule has 0 saturated heterocycles. The lowest BCUT2D eigenvalue weighted by atomic mass is 10.2. The van der Waals surface area contributed by atoms with Crippen LogP contribution in [0.2, 0.25) is 0 Å². The van der Waals surface area contributed by atoms with Gasteiger partial charge in [-0.1, -0.05) is 12.1 Å². The number of carbonyl (C=O) groups is 1. The van der Waals surface area contributed by atoms with E-state index in [1.165, 1.54) is 7.11 Å². The van der Waals surface area contributed by atoms with Crippen molar-refractivity contribution in [1.82, 2.24) is 5.32 Å². The summed E-state index contributed by atoms with van der Waals surface area (Å²) in [7, 11) is 1.52. The van der Waals surface area contributed by atoms with Gasteiger partial charge in [-0.15, -0.1) is 0 Å². The summed E-state index contributed by atoms with van der Waals surface area (Å²) in [6, 6.07) is 4.82. The van der Waals surface area contributed by atoms with Crippen LogP contribution in [0.4, 0.5) is 10.5 Å². The van der Waals surface area contributed by atoms with Gasteiger partial charge in [-0.2, -0.15) is 0 Å². The SMILES string of the molecule is COc1cccc(C)c1NC(=O)NC(=N)N. The zero-order valence-corrected chi connectivity index (χ0v) is 9.13. The van der Waals surface area contributed by atoms with Gasteiger partial charge in [0.2, 0.25) is 0 Å². The Morgan fingerprint density at radius 2 is 2.19 bits per heavy atom. The second kappa shape index (κ2) is 5.01. The Morgan fingerprint density at radius 1 is 1.50 bits per heavy atom. The van der Waals surface area contributed by atoms with E-state index in [9.17, 15) is 4.79 Å². The smallest absolute Gasteiger partial charge is 0.326 e. The van der Waals surface area contributed by atoms with Gasteiger partial charge >= 0.3 is 6.03 Å². The van der Waals surface area contributed by atoms with E-state index in [0.717, 1.165) is 5.56 Å². The minimum atomic E-state index is -0.569. The maximum absolute atomic E-state index is 11.3. The number of hydrogen-bond acceptors (Lipinski definition) is 3. The number of hydrogen-bond donors (Lipinski definition) is 4. The van der Waals surface area contributed by atoms with Crippen LogP contribution in [0.15, 0.2) is 18.2 Å². The molecule has 0 aromatic heterocycles. The maximum Gasteiger partial charge on any atom is 0.326 e. The molecular formula is C10H14N4O2. The number of nitrogens with two attached hydrogens (primary N) is 1. The molecule has 0 atom stereocenters. The van der Waals surface area contributed by atoms with Crippen LogP contribution in [0, 0.1) is 12.3 Å². The lowest BCUT2D eigenvalue weighted by molar-refractivity contribution is 0.256. The van der Waals surface area contributed by atoms with Crippen molar-refractivity contribution in [3.63, 3.8) is 0 Å². The van der Waals surface area contributed by atoms with Crippen LogP contribution in [-0.4, -0.2) is 19.1 Å². The topological polar surface area (TPSA) is 100 Å². The molecular weight excluding hydrogens is 208 g/mol. The minimum Gasteiger partial charge on any atom is -0.495 e. The summed E-state index contributed by atoms with van der Waals surface area (Å²) in [5, 5.41) is 11.6. The van der Waals surface area contributed by atoms with Crippen molar-refractivity contribution in [2.24, 2.45) is 5.73 Å². The van der Waals surface area contributed by atoms with Crippen LogP contribution in [-0.2, 0) is 0 Å². The lowest BCUT2D eigenvalue weighted by Gasteiger charge is -2.12. The third-order valence-corrected chi connectivity index (χ3v) is 1.94. The van der Waals surface area contributed by atoms with E-state index < -0.39 is 12.0 Å². The lowest BCUT2D eigenvalue weighted by Crippen LogP contribution is -2.38. The standard InChI is InChI=1S/C10H14N4O2/c1-6-4-3-5-7(16-2)8(6)13-10(15)14-9(11)12/h3-5H,1-2H3,(H5,11,12,13,14,15). The normalized spacial score (nSPS) is 9.38. The molecule has 1 aromatic carbocycles. The zero-order valence-electron chi connectivity index (χ0n) is 9.13. The van der Waals surface area contributed by atoms with E-state index >= 15 is 0 Å². The molecule has 0 spiro atoms. The minimum absolute atomic E-state index is 0.412. The van der Waals surface area contributed by atoms with Crippen molar-refractivity contribution in [1.29, 1.82) is 5.41 Å².